The third-order valence-electron chi connectivity index (χ3n) is 4.77. The number of nitrogens with zero attached hydrogens (tertiary/aromatic N) is 3. The average molecular weight is 393 g/mol. The molecule has 0 spiro atoms. The normalized spacial score (nSPS) is 13.0. The number of rotatable bonds is 4. The molecule has 0 aliphatic carbocycles. The topological polar surface area (TPSA) is 81.5 Å². The number of aryl methyl sites for hydroxylation is 1. The summed E-state index contributed by atoms with van der Waals surface area (Å²) in [6.07, 6.45) is 0. The molecule has 2 heterocycles. The highest BCUT2D eigenvalue weighted by Crippen LogP contribution is 2.23. The van der Waals surface area contributed by atoms with Crippen LogP contribution in [0.25, 0.3) is 5.69 Å². The lowest BCUT2D eigenvalue weighted by Gasteiger charge is -2.14. The molecule has 1 aliphatic rings. The van der Waals surface area contributed by atoms with Crippen LogP contribution in [0.2, 0.25) is 0 Å². The van der Waals surface area contributed by atoms with Crippen LogP contribution in [0.5, 0.6) is 0 Å². The number of hydrogen-bond donors (Lipinski definition) is 0. The van der Waals surface area contributed by atoms with E-state index in [-0.39, 0.29) is 22.5 Å². The molecule has 146 valence electrons. The first kappa shape index (κ1) is 18.5. The molecule has 2 amide bonds. The molecule has 2 aromatic carbocycles. The standard InChI is InChI=1S/C21H16FN3O4/c1-12-18(13(2)25(23-12)15-9-7-14(22)8-10-15)21(28)29-11-24-19(26)16-5-3-4-6-17(16)20(24)27/h3-10H,11H2,1-2H3. The summed E-state index contributed by atoms with van der Waals surface area (Å²) in [4.78, 5) is 38.3. The second kappa shape index (κ2) is 6.97. The van der Waals surface area contributed by atoms with Crippen molar-refractivity contribution in [2.24, 2.45) is 0 Å². The number of aromatic nitrogens is 2. The molecular formula is C21H16FN3O4. The van der Waals surface area contributed by atoms with Crippen molar-refractivity contribution in [2.75, 3.05) is 6.73 Å². The molecule has 29 heavy (non-hydrogen) atoms. The minimum Gasteiger partial charge on any atom is -0.440 e. The first-order chi connectivity index (χ1) is 13.9. The van der Waals surface area contributed by atoms with Gasteiger partial charge in [-0.25, -0.2) is 18.8 Å². The van der Waals surface area contributed by atoms with Crippen molar-refractivity contribution >= 4 is 17.8 Å². The molecule has 0 unspecified atom stereocenters. The Bertz CT molecular complexity index is 1120. The number of carbonyl (C=O) groups excluding carboxylic acids is 3. The van der Waals surface area contributed by atoms with Gasteiger partial charge in [0.1, 0.15) is 11.4 Å². The van der Waals surface area contributed by atoms with Gasteiger partial charge in [-0.1, -0.05) is 12.1 Å². The van der Waals surface area contributed by atoms with Gasteiger partial charge in [0, 0.05) is 0 Å². The van der Waals surface area contributed by atoms with E-state index in [4.69, 9.17) is 4.74 Å². The number of imide groups is 1. The largest absolute Gasteiger partial charge is 0.440 e. The summed E-state index contributed by atoms with van der Waals surface area (Å²) < 4.78 is 19.9. The molecule has 1 aliphatic heterocycles. The second-order valence-electron chi connectivity index (χ2n) is 6.58. The quantitative estimate of drug-likeness (QED) is 0.503. The molecule has 3 aromatic rings. The van der Waals surface area contributed by atoms with Crippen molar-refractivity contribution in [1.29, 1.82) is 0 Å². The summed E-state index contributed by atoms with van der Waals surface area (Å²) in [6, 6.07) is 12.1. The zero-order chi connectivity index (χ0) is 20.7. The number of hydrogen-bond acceptors (Lipinski definition) is 5. The third kappa shape index (κ3) is 3.08. The highest BCUT2D eigenvalue weighted by molar-refractivity contribution is 6.21. The zero-order valence-electron chi connectivity index (χ0n) is 15.7. The molecule has 0 atom stereocenters. The van der Waals surface area contributed by atoms with Gasteiger partial charge < -0.3 is 4.74 Å². The van der Waals surface area contributed by atoms with E-state index in [1.807, 2.05) is 0 Å². The summed E-state index contributed by atoms with van der Waals surface area (Å²) in [6.45, 7) is 2.83. The van der Waals surface area contributed by atoms with Crippen molar-refractivity contribution < 1.29 is 23.5 Å². The van der Waals surface area contributed by atoms with Crippen LogP contribution in [0.4, 0.5) is 4.39 Å². The number of esters is 1. The summed E-state index contributed by atoms with van der Waals surface area (Å²) in [7, 11) is 0. The average Bonchev–Trinajstić information content (AvgIpc) is 3.14. The predicted octanol–water partition coefficient (Wildman–Crippen LogP) is 3.04. The number of halogens is 1. The van der Waals surface area contributed by atoms with Gasteiger partial charge in [-0.05, 0) is 50.2 Å². The van der Waals surface area contributed by atoms with E-state index in [0.29, 0.717) is 17.1 Å². The van der Waals surface area contributed by atoms with E-state index in [9.17, 15) is 18.8 Å². The fraction of sp³-hybridized carbons (Fsp3) is 0.143. The van der Waals surface area contributed by atoms with Crippen LogP contribution in [-0.2, 0) is 4.74 Å². The Morgan fingerprint density at radius 3 is 2.17 bits per heavy atom. The molecule has 4 rings (SSSR count). The van der Waals surface area contributed by atoms with E-state index in [2.05, 4.69) is 5.10 Å². The second-order valence-corrected chi connectivity index (χ2v) is 6.58. The zero-order valence-corrected chi connectivity index (χ0v) is 15.7. The number of benzene rings is 2. The number of carbonyl (C=O) groups is 3. The Hall–Kier alpha value is -3.81. The SMILES string of the molecule is Cc1nn(-c2ccc(F)cc2)c(C)c1C(=O)OCN1C(=O)c2ccccc2C1=O. The minimum absolute atomic E-state index is 0.228. The highest BCUT2D eigenvalue weighted by Gasteiger charge is 2.36. The molecule has 0 saturated heterocycles. The monoisotopic (exact) mass is 393 g/mol. The van der Waals surface area contributed by atoms with Gasteiger partial charge >= 0.3 is 5.97 Å². The van der Waals surface area contributed by atoms with E-state index in [0.717, 1.165) is 4.90 Å². The lowest BCUT2D eigenvalue weighted by molar-refractivity contribution is 0.0227. The van der Waals surface area contributed by atoms with E-state index < -0.39 is 24.5 Å². The van der Waals surface area contributed by atoms with Gasteiger partial charge in [0.05, 0.1) is 28.2 Å². The Kier molecular flexibility index (Phi) is 4.46. The van der Waals surface area contributed by atoms with Gasteiger partial charge in [-0.15, -0.1) is 0 Å². The van der Waals surface area contributed by atoms with Gasteiger partial charge in [-0.2, -0.15) is 5.10 Å². The first-order valence-corrected chi connectivity index (χ1v) is 8.83. The molecule has 7 nitrogen and oxygen atoms in total. The first-order valence-electron chi connectivity index (χ1n) is 8.83. The summed E-state index contributed by atoms with van der Waals surface area (Å²) in [5, 5.41) is 4.32. The van der Waals surface area contributed by atoms with Crippen LogP contribution in [0, 0.1) is 19.7 Å². The third-order valence-corrected chi connectivity index (χ3v) is 4.77. The molecule has 0 saturated carbocycles. The minimum atomic E-state index is -0.704. The highest BCUT2D eigenvalue weighted by atomic mass is 19.1. The van der Waals surface area contributed by atoms with Crippen molar-refractivity contribution in [2.45, 2.75) is 13.8 Å². The number of fused-ring (bicyclic) bond motifs is 1. The smallest absolute Gasteiger partial charge is 0.343 e. The fourth-order valence-corrected chi connectivity index (χ4v) is 3.32. The summed E-state index contributed by atoms with van der Waals surface area (Å²) in [5.41, 5.74) is 2.30. The van der Waals surface area contributed by atoms with E-state index in [1.54, 1.807) is 50.2 Å². The Morgan fingerprint density at radius 1 is 1.00 bits per heavy atom. The van der Waals surface area contributed by atoms with Crippen LogP contribution < -0.4 is 0 Å². The van der Waals surface area contributed by atoms with Crippen molar-refractivity contribution in [3.8, 4) is 5.69 Å². The van der Waals surface area contributed by atoms with Gasteiger partial charge in [0.2, 0.25) is 0 Å². The van der Waals surface area contributed by atoms with Crippen LogP contribution in [0.15, 0.2) is 48.5 Å². The fourth-order valence-electron chi connectivity index (χ4n) is 3.32. The molecule has 0 radical (unpaired) electrons. The lowest BCUT2D eigenvalue weighted by Crippen LogP contribution is -2.33. The van der Waals surface area contributed by atoms with Gasteiger partial charge in [0.15, 0.2) is 6.73 Å². The maximum absolute atomic E-state index is 13.2. The van der Waals surface area contributed by atoms with Crippen LogP contribution >= 0.6 is 0 Å². The molecule has 0 N–H and O–H groups in total. The van der Waals surface area contributed by atoms with Crippen molar-refractivity contribution in [3.05, 3.63) is 82.4 Å². The van der Waals surface area contributed by atoms with E-state index in [1.165, 1.54) is 16.8 Å². The Labute approximate surface area is 165 Å². The maximum atomic E-state index is 13.2. The molecule has 0 bridgehead atoms. The number of ether oxygens (including phenoxy) is 1. The maximum Gasteiger partial charge on any atom is 0.343 e. The lowest BCUT2D eigenvalue weighted by atomic mass is 10.1. The number of amides is 2. The Balaban J connectivity index is 1.54. The summed E-state index contributed by atoms with van der Waals surface area (Å²) in [5.74, 6) is -2.09. The Morgan fingerprint density at radius 2 is 1.59 bits per heavy atom. The van der Waals surface area contributed by atoms with Gasteiger partial charge in [0.25, 0.3) is 11.8 Å². The molecule has 1 aromatic heterocycles. The molecule has 8 heteroatoms. The van der Waals surface area contributed by atoms with Crippen molar-refractivity contribution in [3.63, 3.8) is 0 Å². The summed E-state index contributed by atoms with van der Waals surface area (Å²) >= 11 is 0. The van der Waals surface area contributed by atoms with Crippen LogP contribution in [0.3, 0.4) is 0 Å². The molecule has 0 fully saturated rings. The van der Waals surface area contributed by atoms with Gasteiger partial charge in [-0.3, -0.25) is 9.59 Å². The predicted molar refractivity (Wildman–Crippen MR) is 100 cm³/mol. The van der Waals surface area contributed by atoms with E-state index >= 15 is 0 Å². The van der Waals surface area contributed by atoms with Crippen molar-refractivity contribution in [1.82, 2.24) is 14.7 Å². The van der Waals surface area contributed by atoms with Crippen LogP contribution in [-0.4, -0.2) is 39.2 Å². The van der Waals surface area contributed by atoms with Crippen LogP contribution in [0.1, 0.15) is 42.5 Å². The molecular weight excluding hydrogens is 377 g/mol.